The lowest BCUT2D eigenvalue weighted by atomic mass is 10.1. The Morgan fingerprint density at radius 1 is 1.42 bits per heavy atom. The number of aliphatic carboxylic acids is 1. The molecule has 1 aromatic carbocycles. The van der Waals surface area contributed by atoms with E-state index in [1.807, 2.05) is 6.42 Å². The number of hydrogen-bond acceptors (Lipinski definition) is 6. The summed E-state index contributed by atoms with van der Waals surface area (Å²) in [6.07, 6.45) is 5.34. The monoisotopic (exact) mass is 339 g/mol. The number of hydrogen-bond donors (Lipinski definition) is 2. The molecular formula is C17H15N4O2S. The zero-order chi connectivity index (χ0) is 16.3. The molecule has 24 heavy (non-hydrogen) atoms. The van der Waals surface area contributed by atoms with Gasteiger partial charge in [0.2, 0.25) is 0 Å². The second-order valence-corrected chi connectivity index (χ2v) is 7.59. The van der Waals surface area contributed by atoms with E-state index >= 15 is 0 Å². The molecule has 2 atom stereocenters. The zero-order valence-electron chi connectivity index (χ0n) is 12.8. The van der Waals surface area contributed by atoms with Gasteiger partial charge in [0.15, 0.2) is 5.82 Å². The van der Waals surface area contributed by atoms with Crippen molar-refractivity contribution in [1.29, 1.82) is 0 Å². The highest BCUT2D eigenvalue weighted by molar-refractivity contribution is 7.99. The maximum absolute atomic E-state index is 11.4. The molecule has 3 aliphatic rings. The van der Waals surface area contributed by atoms with Crippen molar-refractivity contribution in [2.75, 3.05) is 18.4 Å². The SMILES string of the molecule is O=C(O)C12[CH]C1CN(Cc1ccc3c(c1)Nc1nccnc1S3)C2. The normalized spacial score (nSPS) is 26.9. The Bertz CT molecular complexity index is 858. The van der Waals surface area contributed by atoms with Crippen LogP contribution in [-0.4, -0.2) is 39.0 Å². The molecular weight excluding hydrogens is 324 g/mol. The van der Waals surface area contributed by atoms with Crippen LogP contribution in [0, 0.1) is 17.8 Å². The van der Waals surface area contributed by atoms with Gasteiger partial charge in [0.25, 0.3) is 0 Å². The number of likely N-dealkylation sites (tertiary alicyclic amines) is 1. The van der Waals surface area contributed by atoms with E-state index in [0.29, 0.717) is 6.54 Å². The van der Waals surface area contributed by atoms with E-state index in [-0.39, 0.29) is 5.92 Å². The fourth-order valence-corrected chi connectivity index (χ4v) is 4.54. The molecule has 5 rings (SSSR count). The highest BCUT2D eigenvalue weighted by Gasteiger charge is 2.65. The van der Waals surface area contributed by atoms with E-state index in [9.17, 15) is 9.90 Å². The van der Waals surface area contributed by atoms with Crippen molar-refractivity contribution in [3.63, 3.8) is 0 Å². The molecule has 121 valence electrons. The van der Waals surface area contributed by atoms with E-state index in [1.165, 1.54) is 5.56 Å². The molecule has 6 nitrogen and oxygen atoms in total. The van der Waals surface area contributed by atoms with Gasteiger partial charge < -0.3 is 10.4 Å². The van der Waals surface area contributed by atoms with E-state index in [4.69, 9.17) is 0 Å². The second kappa shape index (κ2) is 4.94. The van der Waals surface area contributed by atoms with Crippen LogP contribution in [0.1, 0.15) is 5.56 Å². The lowest BCUT2D eigenvalue weighted by molar-refractivity contribution is -0.142. The first-order valence-electron chi connectivity index (χ1n) is 7.85. The molecule has 1 aliphatic carbocycles. The fraction of sp³-hybridized carbons (Fsp3) is 0.294. The summed E-state index contributed by atoms with van der Waals surface area (Å²) in [5.41, 5.74) is 1.63. The van der Waals surface area contributed by atoms with Gasteiger partial charge in [0, 0.05) is 36.9 Å². The Balaban J connectivity index is 1.34. The number of nitrogens with one attached hydrogen (secondary N) is 1. The molecule has 2 fully saturated rings. The number of carbonyl (C=O) groups is 1. The molecule has 0 bridgehead atoms. The first-order chi connectivity index (χ1) is 11.6. The number of benzene rings is 1. The molecule has 2 unspecified atom stereocenters. The van der Waals surface area contributed by atoms with Crippen LogP contribution >= 0.6 is 11.8 Å². The molecule has 0 amide bonds. The minimum atomic E-state index is -0.686. The molecule has 0 spiro atoms. The van der Waals surface area contributed by atoms with Gasteiger partial charge in [-0.2, -0.15) is 0 Å². The highest BCUT2D eigenvalue weighted by atomic mass is 32.2. The van der Waals surface area contributed by atoms with E-state index in [1.54, 1.807) is 24.2 Å². The van der Waals surface area contributed by atoms with Crippen LogP contribution in [0.5, 0.6) is 0 Å². The summed E-state index contributed by atoms with van der Waals surface area (Å²) < 4.78 is 0. The van der Waals surface area contributed by atoms with Gasteiger partial charge in [-0.05, 0) is 30.0 Å². The third-order valence-corrected chi connectivity index (χ3v) is 6.03. The van der Waals surface area contributed by atoms with Crippen LogP contribution in [0.3, 0.4) is 0 Å². The Hall–Kier alpha value is -2.12. The third kappa shape index (κ3) is 2.12. The van der Waals surface area contributed by atoms with Crippen molar-refractivity contribution in [1.82, 2.24) is 14.9 Å². The molecule has 1 saturated heterocycles. The molecule has 1 aromatic heterocycles. The number of carboxylic acid groups (broad SMARTS) is 1. The van der Waals surface area contributed by atoms with Gasteiger partial charge in [-0.1, -0.05) is 17.8 Å². The van der Waals surface area contributed by atoms with E-state index in [2.05, 4.69) is 38.4 Å². The Labute approximate surface area is 143 Å². The van der Waals surface area contributed by atoms with Gasteiger partial charge in [0.1, 0.15) is 5.03 Å². The summed E-state index contributed by atoms with van der Waals surface area (Å²) in [5, 5.41) is 13.6. The Morgan fingerprint density at radius 2 is 2.29 bits per heavy atom. The quantitative estimate of drug-likeness (QED) is 0.758. The standard InChI is InChI=1S/C17H15N4O2S/c22-16(23)17-6-11(17)8-21(9-17)7-10-1-2-13-12(5-10)20-14-15(24-13)19-4-3-18-14/h1-6,11H,7-9H2,(H,18,20)(H,22,23). The summed E-state index contributed by atoms with van der Waals surface area (Å²) in [6, 6.07) is 6.33. The number of anilines is 2. The van der Waals surface area contributed by atoms with Crippen molar-refractivity contribution < 1.29 is 9.90 Å². The molecule has 1 saturated carbocycles. The minimum Gasteiger partial charge on any atom is -0.481 e. The van der Waals surface area contributed by atoms with Crippen molar-refractivity contribution in [2.45, 2.75) is 16.5 Å². The molecule has 1 radical (unpaired) electrons. The van der Waals surface area contributed by atoms with Gasteiger partial charge in [-0.15, -0.1) is 0 Å². The smallest absolute Gasteiger partial charge is 0.311 e. The number of rotatable bonds is 3. The van der Waals surface area contributed by atoms with Crippen molar-refractivity contribution in [3.05, 3.63) is 42.6 Å². The third-order valence-electron chi connectivity index (χ3n) is 4.96. The number of carboxylic acids is 1. The molecule has 3 heterocycles. The van der Waals surface area contributed by atoms with Gasteiger partial charge in [0.05, 0.1) is 11.1 Å². The maximum Gasteiger partial charge on any atom is 0.311 e. The summed E-state index contributed by atoms with van der Waals surface area (Å²) in [7, 11) is 0. The van der Waals surface area contributed by atoms with Crippen LogP contribution in [0.2, 0.25) is 0 Å². The lowest BCUT2D eigenvalue weighted by Gasteiger charge is -2.22. The Morgan fingerprint density at radius 3 is 3.12 bits per heavy atom. The Kier molecular flexibility index (Phi) is 2.93. The van der Waals surface area contributed by atoms with E-state index < -0.39 is 11.4 Å². The summed E-state index contributed by atoms with van der Waals surface area (Å²) in [4.78, 5) is 23.4. The van der Waals surface area contributed by atoms with Crippen LogP contribution in [0.15, 0.2) is 40.5 Å². The summed E-state index contributed by atoms with van der Waals surface area (Å²) in [6.45, 7) is 2.22. The first-order valence-corrected chi connectivity index (χ1v) is 8.66. The zero-order valence-corrected chi connectivity index (χ0v) is 13.6. The maximum atomic E-state index is 11.4. The summed E-state index contributed by atoms with van der Waals surface area (Å²) in [5.74, 6) is 0.311. The fourth-order valence-electron chi connectivity index (χ4n) is 3.66. The molecule has 2 aromatic rings. The lowest BCUT2D eigenvalue weighted by Crippen LogP contribution is -2.28. The molecule has 7 heteroatoms. The van der Waals surface area contributed by atoms with Gasteiger partial charge in [-0.3, -0.25) is 9.69 Å². The number of piperidine rings is 1. The van der Waals surface area contributed by atoms with E-state index in [0.717, 1.165) is 34.5 Å². The van der Waals surface area contributed by atoms with Gasteiger partial charge >= 0.3 is 5.97 Å². The van der Waals surface area contributed by atoms with Crippen molar-refractivity contribution >= 4 is 29.2 Å². The average molecular weight is 339 g/mol. The van der Waals surface area contributed by atoms with Crippen LogP contribution in [0.4, 0.5) is 11.5 Å². The predicted molar refractivity (Wildman–Crippen MR) is 89.0 cm³/mol. The van der Waals surface area contributed by atoms with Crippen LogP contribution < -0.4 is 5.32 Å². The average Bonchev–Trinajstić information content (AvgIpc) is 3.16. The number of fused-ring (bicyclic) bond motifs is 3. The molecule has 2 aliphatic heterocycles. The number of nitrogens with zero attached hydrogens (tertiary/aromatic N) is 3. The highest BCUT2D eigenvalue weighted by Crippen LogP contribution is 2.57. The van der Waals surface area contributed by atoms with Crippen LogP contribution in [0.25, 0.3) is 0 Å². The summed E-state index contributed by atoms with van der Waals surface area (Å²) >= 11 is 1.61. The first kappa shape index (κ1) is 14.2. The van der Waals surface area contributed by atoms with Crippen molar-refractivity contribution in [2.24, 2.45) is 11.3 Å². The number of aromatic nitrogens is 2. The molecule has 2 N–H and O–H groups in total. The van der Waals surface area contributed by atoms with Gasteiger partial charge in [-0.25, -0.2) is 9.97 Å². The topological polar surface area (TPSA) is 78.4 Å². The van der Waals surface area contributed by atoms with Crippen molar-refractivity contribution in [3.8, 4) is 0 Å². The minimum absolute atomic E-state index is 0.212. The largest absolute Gasteiger partial charge is 0.481 e. The predicted octanol–water partition coefficient (Wildman–Crippen LogP) is 2.41. The van der Waals surface area contributed by atoms with Crippen LogP contribution in [-0.2, 0) is 11.3 Å². The second-order valence-electron chi connectivity index (χ2n) is 6.56.